The van der Waals surface area contributed by atoms with Crippen LogP contribution in [0.15, 0.2) is 114 Å². The maximum Gasteiger partial charge on any atom is 0.264 e. The minimum absolute atomic E-state index is 0.0230. The first-order valence-electron chi connectivity index (χ1n) is 14.7. The molecule has 7 nitrogen and oxygen atoms in total. The SMILES string of the molecule is CCCCNC(=O)[C@H](Cc1ccccc1)N(Cc1ccc(F)cc1)C(=O)CN(c1cccc(C)c1)S(=O)(=O)c1ccccc1. The molecule has 0 bridgehead atoms. The number of unbranched alkanes of at least 4 members (excludes halogenated alkanes) is 1. The number of hydrogen-bond acceptors (Lipinski definition) is 4. The standard InChI is InChI=1S/C35H38FN3O4S/c1-3-4-22-37-35(41)33(24-28-13-7-5-8-14-28)38(25-29-18-20-30(36)21-19-29)34(40)26-39(31-15-11-12-27(2)23-31)44(42,43)32-16-9-6-10-17-32/h5-21,23,33H,3-4,22,24-26H2,1-2H3,(H,37,41)/t33-/m0/s1. The van der Waals surface area contributed by atoms with Crippen LogP contribution in [0.3, 0.4) is 0 Å². The van der Waals surface area contributed by atoms with Crippen molar-refractivity contribution in [2.75, 3.05) is 17.4 Å². The molecule has 9 heteroatoms. The molecule has 0 aromatic heterocycles. The number of anilines is 1. The fourth-order valence-corrected chi connectivity index (χ4v) is 6.31. The number of rotatable bonds is 14. The fourth-order valence-electron chi connectivity index (χ4n) is 4.88. The van der Waals surface area contributed by atoms with E-state index in [0.29, 0.717) is 17.8 Å². The third kappa shape index (κ3) is 8.54. The van der Waals surface area contributed by atoms with Crippen LogP contribution in [0.2, 0.25) is 0 Å². The van der Waals surface area contributed by atoms with Gasteiger partial charge >= 0.3 is 0 Å². The van der Waals surface area contributed by atoms with Gasteiger partial charge in [-0.3, -0.25) is 13.9 Å². The molecular formula is C35H38FN3O4S. The van der Waals surface area contributed by atoms with E-state index in [9.17, 15) is 22.4 Å². The number of hydrogen-bond donors (Lipinski definition) is 1. The van der Waals surface area contributed by atoms with Crippen LogP contribution in [0, 0.1) is 12.7 Å². The Hall–Kier alpha value is -4.50. The summed E-state index contributed by atoms with van der Waals surface area (Å²) < 4.78 is 42.9. The number of carbonyl (C=O) groups is 2. The summed E-state index contributed by atoms with van der Waals surface area (Å²) in [4.78, 5) is 29.6. The molecule has 0 aliphatic rings. The van der Waals surface area contributed by atoms with E-state index in [1.807, 2.05) is 50.2 Å². The topological polar surface area (TPSA) is 86.8 Å². The molecule has 2 amide bonds. The Labute approximate surface area is 259 Å². The van der Waals surface area contributed by atoms with Crippen molar-refractivity contribution < 1.29 is 22.4 Å². The normalized spacial score (nSPS) is 11.9. The van der Waals surface area contributed by atoms with Crippen molar-refractivity contribution in [3.05, 3.63) is 132 Å². The van der Waals surface area contributed by atoms with E-state index in [-0.39, 0.29) is 23.8 Å². The lowest BCUT2D eigenvalue weighted by atomic mass is 10.0. The van der Waals surface area contributed by atoms with Gasteiger partial charge in [-0.1, -0.05) is 86.1 Å². The largest absolute Gasteiger partial charge is 0.354 e. The molecule has 0 heterocycles. The van der Waals surface area contributed by atoms with Crippen molar-refractivity contribution >= 4 is 27.5 Å². The molecule has 230 valence electrons. The maximum atomic E-state index is 14.4. The van der Waals surface area contributed by atoms with Crippen LogP contribution in [-0.2, 0) is 32.6 Å². The molecular weight excluding hydrogens is 577 g/mol. The molecule has 1 atom stereocenters. The third-order valence-electron chi connectivity index (χ3n) is 7.27. The highest BCUT2D eigenvalue weighted by Gasteiger charge is 2.34. The predicted octanol–water partition coefficient (Wildman–Crippen LogP) is 5.89. The second-order valence-electron chi connectivity index (χ2n) is 10.7. The minimum Gasteiger partial charge on any atom is -0.354 e. The van der Waals surface area contributed by atoms with Gasteiger partial charge in [0.15, 0.2) is 0 Å². The third-order valence-corrected chi connectivity index (χ3v) is 9.05. The van der Waals surface area contributed by atoms with Crippen molar-refractivity contribution in [1.82, 2.24) is 10.2 Å². The Morgan fingerprint density at radius 2 is 1.50 bits per heavy atom. The predicted molar refractivity (Wildman–Crippen MR) is 171 cm³/mol. The smallest absolute Gasteiger partial charge is 0.264 e. The van der Waals surface area contributed by atoms with Gasteiger partial charge in [0.05, 0.1) is 10.6 Å². The molecule has 0 aliphatic carbocycles. The first-order chi connectivity index (χ1) is 21.2. The summed E-state index contributed by atoms with van der Waals surface area (Å²) in [5, 5.41) is 2.96. The average Bonchev–Trinajstić information content (AvgIpc) is 3.03. The lowest BCUT2D eigenvalue weighted by Gasteiger charge is -2.34. The van der Waals surface area contributed by atoms with Gasteiger partial charge in [-0.15, -0.1) is 0 Å². The van der Waals surface area contributed by atoms with E-state index in [0.717, 1.165) is 28.3 Å². The molecule has 44 heavy (non-hydrogen) atoms. The van der Waals surface area contributed by atoms with Gasteiger partial charge in [-0.2, -0.15) is 0 Å². The highest BCUT2D eigenvalue weighted by atomic mass is 32.2. The van der Waals surface area contributed by atoms with Gasteiger partial charge in [0.25, 0.3) is 10.0 Å². The van der Waals surface area contributed by atoms with Crippen molar-refractivity contribution in [2.24, 2.45) is 0 Å². The number of benzene rings is 4. The van der Waals surface area contributed by atoms with Gasteiger partial charge in [-0.25, -0.2) is 12.8 Å². The van der Waals surface area contributed by atoms with Crippen molar-refractivity contribution in [2.45, 2.75) is 50.6 Å². The van der Waals surface area contributed by atoms with Gasteiger partial charge in [0.2, 0.25) is 11.8 Å². The Bertz CT molecular complexity index is 1630. The first-order valence-corrected chi connectivity index (χ1v) is 16.1. The molecule has 4 aromatic rings. The second kappa shape index (κ2) is 15.3. The van der Waals surface area contributed by atoms with Gasteiger partial charge in [0.1, 0.15) is 18.4 Å². The Balaban J connectivity index is 1.78. The molecule has 0 saturated carbocycles. The first kappa shape index (κ1) is 32.4. The molecule has 0 spiro atoms. The summed E-state index contributed by atoms with van der Waals surface area (Å²) in [6.07, 6.45) is 1.86. The van der Waals surface area contributed by atoms with Crippen LogP contribution in [0.5, 0.6) is 0 Å². The molecule has 0 radical (unpaired) electrons. The number of aryl methyl sites for hydroxylation is 1. The number of nitrogens with zero attached hydrogens (tertiary/aromatic N) is 2. The zero-order valence-corrected chi connectivity index (χ0v) is 25.8. The van der Waals surface area contributed by atoms with Crippen LogP contribution >= 0.6 is 0 Å². The molecule has 0 saturated heterocycles. The zero-order valence-electron chi connectivity index (χ0n) is 25.0. The highest BCUT2D eigenvalue weighted by molar-refractivity contribution is 7.92. The molecule has 0 unspecified atom stereocenters. The highest BCUT2D eigenvalue weighted by Crippen LogP contribution is 2.26. The molecule has 4 aromatic carbocycles. The van der Waals surface area contributed by atoms with E-state index < -0.39 is 34.3 Å². The van der Waals surface area contributed by atoms with Crippen LogP contribution in [0.4, 0.5) is 10.1 Å². The molecule has 0 fully saturated rings. The second-order valence-corrected chi connectivity index (χ2v) is 12.5. The summed E-state index contributed by atoms with van der Waals surface area (Å²) in [7, 11) is -4.16. The van der Waals surface area contributed by atoms with E-state index in [1.54, 1.807) is 48.5 Å². The number of sulfonamides is 1. The number of amides is 2. The lowest BCUT2D eigenvalue weighted by molar-refractivity contribution is -0.140. The summed E-state index contributed by atoms with van der Waals surface area (Å²) in [5.41, 5.74) is 2.60. The molecule has 0 aliphatic heterocycles. The summed E-state index contributed by atoms with van der Waals surface area (Å²) in [5.74, 6) is -1.34. The van der Waals surface area contributed by atoms with Gasteiger partial charge < -0.3 is 10.2 Å². The lowest BCUT2D eigenvalue weighted by Crippen LogP contribution is -2.53. The minimum atomic E-state index is -4.16. The summed E-state index contributed by atoms with van der Waals surface area (Å²) in [6, 6.07) is 29.0. The monoisotopic (exact) mass is 615 g/mol. The van der Waals surface area contributed by atoms with E-state index in [4.69, 9.17) is 0 Å². The van der Waals surface area contributed by atoms with E-state index in [1.165, 1.54) is 29.2 Å². The molecule has 1 N–H and O–H groups in total. The summed E-state index contributed by atoms with van der Waals surface area (Å²) in [6.45, 7) is 3.73. The van der Waals surface area contributed by atoms with Crippen molar-refractivity contribution in [3.8, 4) is 0 Å². The fraction of sp³-hybridized carbons (Fsp3) is 0.257. The van der Waals surface area contributed by atoms with E-state index >= 15 is 0 Å². The van der Waals surface area contributed by atoms with E-state index in [2.05, 4.69) is 5.32 Å². The number of halogens is 1. The van der Waals surface area contributed by atoms with Gasteiger partial charge in [0, 0.05) is 19.5 Å². The van der Waals surface area contributed by atoms with Crippen LogP contribution < -0.4 is 9.62 Å². The summed E-state index contributed by atoms with van der Waals surface area (Å²) >= 11 is 0. The van der Waals surface area contributed by atoms with Crippen LogP contribution in [0.25, 0.3) is 0 Å². The quantitative estimate of drug-likeness (QED) is 0.179. The van der Waals surface area contributed by atoms with Crippen molar-refractivity contribution in [3.63, 3.8) is 0 Å². The maximum absolute atomic E-state index is 14.4. The van der Waals surface area contributed by atoms with Gasteiger partial charge in [-0.05, 0) is 66.4 Å². The Kier molecular flexibility index (Phi) is 11.3. The Morgan fingerprint density at radius 3 is 2.14 bits per heavy atom. The van der Waals surface area contributed by atoms with Crippen LogP contribution in [0.1, 0.15) is 36.5 Å². The number of carbonyl (C=O) groups excluding carboxylic acids is 2. The zero-order chi connectivity index (χ0) is 31.5. The Morgan fingerprint density at radius 1 is 0.841 bits per heavy atom. The van der Waals surface area contributed by atoms with Crippen LogP contribution in [-0.4, -0.2) is 44.3 Å². The number of nitrogens with one attached hydrogen (secondary N) is 1. The average molecular weight is 616 g/mol. The molecule has 4 rings (SSSR count). The van der Waals surface area contributed by atoms with Crippen molar-refractivity contribution in [1.29, 1.82) is 0 Å².